The Morgan fingerprint density at radius 2 is 1.50 bits per heavy atom. The van der Waals surface area contributed by atoms with Gasteiger partial charge in [0.1, 0.15) is 18.0 Å². The molecule has 2 aromatic carbocycles. The Labute approximate surface area is 177 Å². The molecule has 0 aliphatic heterocycles. The second-order valence-electron chi connectivity index (χ2n) is 7.53. The Bertz CT molecular complexity index is 853. The van der Waals surface area contributed by atoms with Gasteiger partial charge in [-0.3, -0.25) is 0 Å². The highest BCUT2D eigenvalue weighted by atomic mass is 16.4. The third-order valence-electron chi connectivity index (χ3n) is 6.05. The summed E-state index contributed by atoms with van der Waals surface area (Å²) in [5.41, 5.74) is 0.517. The highest BCUT2D eigenvalue weighted by Crippen LogP contribution is 2.36. The van der Waals surface area contributed by atoms with Crippen molar-refractivity contribution in [2.45, 2.75) is 38.1 Å². The zero-order valence-electron chi connectivity index (χ0n) is 17.4. The third kappa shape index (κ3) is 4.69. The van der Waals surface area contributed by atoms with Gasteiger partial charge in [-0.1, -0.05) is 67.6 Å². The molecular weight excluding hydrogens is 380 g/mol. The molecule has 0 saturated heterocycles. The quantitative estimate of drug-likeness (QED) is 0.517. The summed E-state index contributed by atoms with van der Waals surface area (Å²) in [6, 6.07) is 20.0. The van der Waals surface area contributed by atoms with Crippen molar-refractivity contribution in [3.05, 3.63) is 71.8 Å². The molecule has 2 aromatic rings. The topological polar surface area (TPSA) is 104 Å². The van der Waals surface area contributed by atoms with E-state index in [1.54, 1.807) is 13.8 Å². The molecule has 0 aliphatic rings. The van der Waals surface area contributed by atoms with Gasteiger partial charge in [0.25, 0.3) is 0 Å². The van der Waals surface area contributed by atoms with E-state index in [0.717, 1.165) is 11.1 Å². The average Bonchev–Trinajstić information content (AvgIpc) is 2.75. The number of carbonyl (C=O) groups is 2. The fraction of sp³-hybridized carbons (Fsp3) is 0.375. The van der Waals surface area contributed by atoms with Gasteiger partial charge in [-0.15, -0.1) is 0 Å². The van der Waals surface area contributed by atoms with Crippen LogP contribution in [0.4, 0.5) is 0 Å². The van der Waals surface area contributed by atoms with Gasteiger partial charge in [-0.25, -0.2) is 0 Å². The van der Waals surface area contributed by atoms with Crippen LogP contribution in [-0.2, 0) is 15.0 Å². The second kappa shape index (κ2) is 10.0. The molecule has 0 heterocycles. The molecule has 158 valence electrons. The molecule has 2 atom stereocenters. The summed E-state index contributed by atoms with van der Waals surface area (Å²) in [7, 11) is 0. The number of benzene rings is 2. The first kappa shape index (κ1) is 23.1. The maximum Gasteiger partial charge on any atom is 0.129 e. The third-order valence-corrected chi connectivity index (χ3v) is 6.05. The molecule has 0 spiro atoms. The minimum atomic E-state index is -1.32. The summed E-state index contributed by atoms with van der Waals surface area (Å²) in [5.74, 6) is -2.61. The normalized spacial score (nSPS) is 14.3. The first-order chi connectivity index (χ1) is 14.3. The van der Waals surface area contributed by atoms with Crippen molar-refractivity contribution in [3.63, 3.8) is 0 Å². The number of nitrogens with zero attached hydrogens (tertiary/aromatic N) is 2. The Morgan fingerprint density at radius 1 is 1.00 bits per heavy atom. The van der Waals surface area contributed by atoms with Gasteiger partial charge in [0.05, 0.1) is 31.1 Å². The van der Waals surface area contributed by atoms with E-state index in [1.807, 2.05) is 60.7 Å². The van der Waals surface area contributed by atoms with E-state index in [1.165, 1.54) is 0 Å². The number of nitriles is 1. The molecule has 0 bridgehead atoms. The largest absolute Gasteiger partial charge is 0.544 e. The van der Waals surface area contributed by atoms with E-state index in [2.05, 4.69) is 6.07 Å². The summed E-state index contributed by atoms with van der Waals surface area (Å²) in [6.07, 6.45) is 0.474. The minimum Gasteiger partial charge on any atom is -0.544 e. The lowest BCUT2D eigenvalue weighted by molar-refractivity contribution is -0.938. The van der Waals surface area contributed by atoms with Crippen LogP contribution in [-0.4, -0.2) is 42.1 Å². The molecule has 0 fully saturated rings. The lowest BCUT2D eigenvalue weighted by Crippen LogP contribution is -2.65. The van der Waals surface area contributed by atoms with Gasteiger partial charge in [-0.05, 0) is 18.1 Å². The van der Waals surface area contributed by atoms with Crippen LogP contribution in [0.15, 0.2) is 60.7 Å². The first-order valence-electron chi connectivity index (χ1n) is 10.1. The molecule has 6 heteroatoms. The molecule has 0 radical (unpaired) electrons. The summed E-state index contributed by atoms with van der Waals surface area (Å²) < 4.78 is -0.232. The summed E-state index contributed by atoms with van der Waals surface area (Å²) in [6.45, 7) is 3.45. The standard InChI is InChI=1S/C24H28N2O4/c1-3-21(23(29)30)26(4-2,17-22(27)28)16-15-24(18-25,19-11-7-5-8-12-19)20-13-9-6-10-14-20/h5-14,21H,3-4,15-17H2,1-2H3,(H-,27,28,29,30)/p-1. The summed E-state index contributed by atoms with van der Waals surface area (Å²) in [5, 5.41) is 33.7. The fourth-order valence-corrected chi connectivity index (χ4v) is 4.35. The molecule has 30 heavy (non-hydrogen) atoms. The smallest absolute Gasteiger partial charge is 0.129 e. The average molecular weight is 407 g/mol. The van der Waals surface area contributed by atoms with Gasteiger partial charge in [0.2, 0.25) is 0 Å². The molecule has 0 N–H and O–H groups in total. The lowest BCUT2D eigenvalue weighted by atomic mass is 9.73. The molecule has 0 amide bonds. The first-order valence-corrected chi connectivity index (χ1v) is 10.1. The molecule has 0 saturated carbocycles. The van der Waals surface area contributed by atoms with E-state index < -0.39 is 29.9 Å². The van der Waals surface area contributed by atoms with Crippen LogP contribution >= 0.6 is 0 Å². The highest BCUT2D eigenvalue weighted by Gasteiger charge is 2.41. The summed E-state index contributed by atoms with van der Waals surface area (Å²) in [4.78, 5) is 23.4. The molecular formula is C24H27N2O4-. The number of hydrogen-bond donors (Lipinski definition) is 0. The van der Waals surface area contributed by atoms with Crippen molar-refractivity contribution in [2.75, 3.05) is 19.6 Å². The van der Waals surface area contributed by atoms with E-state index >= 15 is 0 Å². The van der Waals surface area contributed by atoms with Gasteiger partial charge >= 0.3 is 0 Å². The van der Waals surface area contributed by atoms with Crippen LogP contribution in [0.3, 0.4) is 0 Å². The van der Waals surface area contributed by atoms with Crippen LogP contribution in [0, 0.1) is 11.3 Å². The van der Waals surface area contributed by atoms with Crippen molar-refractivity contribution in [1.29, 1.82) is 5.26 Å². The molecule has 0 aliphatic carbocycles. The maximum absolute atomic E-state index is 11.8. The number of carboxylic acids is 2. The van der Waals surface area contributed by atoms with Crippen molar-refractivity contribution < 1.29 is 24.3 Å². The van der Waals surface area contributed by atoms with E-state index in [-0.39, 0.29) is 30.4 Å². The van der Waals surface area contributed by atoms with Gasteiger partial charge in [0.15, 0.2) is 0 Å². The molecule has 6 nitrogen and oxygen atoms in total. The second-order valence-corrected chi connectivity index (χ2v) is 7.53. The fourth-order valence-electron chi connectivity index (χ4n) is 4.35. The number of carboxylic acid groups (broad SMARTS) is 2. The number of hydrogen-bond acceptors (Lipinski definition) is 5. The van der Waals surface area contributed by atoms with E-state index in [4.69, 9.17) is 0 Å². The Hall–Kier alpha value is -3.17. The van der Waals surface area contributed by atoms with Crippen molar-refractivity contribution in [2.24, 2.45) is 0 Å². The lowest BCUT2D eigenvalue weighted by Gasteiger charge is -2.46. The van der Waals surface area contributed by atoms with E-state index in [9.17, 15) is 25.1 Å². The van der Waals surface area contributed by atoms with Crippen LogP contribution < -0.4 is 10.2 Å². The van der Waals surface area contributed by atoms with Crippen molar-refractivity contribution in [1.82, 2.24) is 0 Å². The monoisotopic (exact) mass is 407 g/mol. The Kier molecular flexibility index (Phi) is 7.73. The van der Waals surface area contributed by atoms with Gasteiger partial charge < -0.3 is 24.3 Å². The zero-order chi connectivity index (χ0) is 22.2. The molecule has 2 unspecified atom stereocenters. The predicted octanol–water partition coefficient (Wildman–Crippen LogP) is 1.00. The summed E-state index contributed by atoms with van der Waals surface area (Å²) >= 11 is 0. The highest BCUT2D eigenvalue weighted by molar-refractivity contribution is 5.71. The molecule has 0 aromatic heterocycles. The van der Waals surface area contributed by atoms with Crippen molar-refractivity contribution in [3.8, 4) is 6.07 Å². The predicted molar refractivity (Wildman–Crippen MR) is 109 cm³/mol. The van der Waals surface area contributed by atoms with Crippen LogP contribution in [0.25, 0.3) is 0 Å². The van der Waals surface area contributed by atoms with Crippen LogP contribution in [0.2, 0.25) is 0 Å². The number of rotatable bonds is 11. The zero-order valence-corrected chi connectivity index (χ0v) is 17.4. The number of aliphatic carboxylic acids is 2. The number of quaternary nitrogens is 1. The molecule has 2 rings (SSSR count). The Balaban J connectivity index is 2.57. The number of carbonyl (C=O) groups excluding carboxylic acids is 2. The maximum atomic E-state index is 11.8. The van der Waals surface area contributed by atoms with E-state index in [0.29, 0.717) is 0 Å². The van der Waals surface area contributed by atoms with Gasteiger partial charge in [-0.2, -0.15) is 5.26 Å². The van der Waals surface area contributed by atoms with Crippen molar-refractivity contribution >= 4 is 11.9 Å². The van der Waals surface area contributed by atoms with Crippen LogP contribution in [0.1, 0.15) is 37.8 Å². The Morgan fingerprint density at radius 3 is 1.83 bits per heavy atom. The van der Waals surface area contributed by atoms with Gasteiger partial charge in [0, 0.05) is 12.8 Å². The minimum absolute atomic E-state index is 0.175. The van der Waals surface area contributed by atoms with Crippen LogP contribution in [0.5, 0.6) is 0 Å². The SMILES string of the molecule is CCC(C(=O)[O-])[N+](CC)(CCC(C#N)(c1ccccc1)c1ccccc1)CC(=O)[O-]. The number of likely N-dealkylation sites (N-methyl/N-ethyl adjacent to an activating group) is 1.